The highest BCUT2D eigenvalue weighted by Crippen LogP contribution is 2.21. The lowest BCUT2D eigenvalue weighted by atomic mass is 10.3. The molecule has 0 bridgehead atoms. The summed E-state index contributed by atoms with van der Waals surface area (Å²) in [5, 5.41) is 7.49. The Kier molecular flexibility index (Phi) is 4.52. The predicted molar refractivity (Wildman–Crippen MR) is 74.3 cm³/mol. The zero-order valence-corrected chi connectivity index (χ0v) is 11.6. The number of hydrogen-bond donors (Lipinski definition) is 1. The van der Waals surface area contributed by atoms with Crippen molar-refractivity contribution in [3.8, 4) is 11.5 Å². The summed E-state index contributed by atoms with van der Waals surface area (Å²) in [7, 11) is 0. The fraction of sp³-hybridized carbons (Fsp3) is 0.429. The number of aromatic nitrogens is 3. The lowest BCUT2D eigenvalue weighted by Gasteiger charge is -2.06. The topological polar surface area (TPSA) is 52.0 Å². The third-order valence-electron chi connectivity index (χ3n) is 2.69. The molecule has 0 aliphatic rings. The lowest BCUT2D eigenvalue weighted by Crippen LogP contribution is -2.12. The van der Waals surface area contributed by atoms with Gasteiger partial charge in [0.1, 0.15) is 5.75 Å². The van der Waals surface area contributed by atoms with Gasteiger partial charge < -0.3 is 10.1 Å². The summed E-state index contributed by atoms with van der Waals surface area (Å²) in [5.41, 5.74) is 0.968. The Morgan fingerprint density at radius 3 is 2.89 bits per heavy atom. The SMILES string of the molecule is CCNCc1cc(Oc2cnn(C(C)C)c2)ccn1. The van der Waals surface area contributed by atoms with Gasteiger partial charge in [0.25, 0.3) is 0 Å². The van der Waals surface area contributed by atoms with Crippen molar-refractivity contribution in [1.82, 2.24) is 20.1 Å². The molecule has 0 amide bonds. The predicted octanol–water partition coefficient (Wildman–Crippen LogP) is 2.76. The number of pyridine rings is 1. The number of nitrogens with zero attached hydrogens (tertiary/aromatic N) is 3. The summed E-state index contributed by atoms with van der Waals surface area (Å²) < 4.78 is 7.65. The minimum absolute atomic E-state index is 0.333. The van der Waals surface area contributed by atoms with Gasteiger partial charge in [-0.3, -0.25) is 9.67 Å². The van der Waals surface area contributed by atoms with Gasteiger partial charge in [0.15, 0.2) is 5.75 Å². The molecule has 0 atom stereocenters. The van der Waals surface area contributed by atoms with Crippen molar-refractivity contribution in [3.63, 3.8) is 0 Å². The van der Waals surface area contributed by atoms with Crippen molar-refractivity contribution in [2.75, 3.05) is 6.54 Å². The van der Waals surface area contributed by atoms with Gasteiger partial charge in [0, 0.05) is 24.8 Å². The van der Waals surface area contributed by atoms with Crippen LogP contribution in [0, 0.1) is 0 Å². The van der Waals surface area contributed by atoms with Gasteiger partial charge in [-0.2, -0.15) is 5.10 Å². The molecule has 2 rings (SSSR count). The quantitative estimate of drug-likeness (QED) is 0.867. The molecular formula is C14H20N4O. The standard InChI is InChI=1S/C14H20N4O/c1-4-15-8-12-7-13(5-6-16-12)19-14-9-17-18(10-14)11(2)3/h5-7,9-11,15H,4,8H2,1-3H3. The second-order valence-electron chi connectivity index (χ2n) is 4.62. The second-order valence-corrected chi connectivity index (χ2v) is 4.62. The Labute approximate surface area is 113 Å². The van der Waals surface area contributed by atoms with Crippen molar-refractivity contribution in [2.24, 2.45) is 0 Å². The maximum Gasteiger partial charge on any atom is 0.165 e. The molecule has 0 radical (unpaired) electrons. The summed E-state index contributed by atoms with van der Waals surface area (Å²) in [6, 6.07) is 4.12. The first-order chi connectivity index (χ1) is 9.19. The smallest absolute Gasteiger partial charge is 0.165 e. The van der Waals surface area contributed by atoms with E-state index in [9.17, 15) is 0 Å². The minimum Gasteiger partial charge on any atom is -0.454 e. The van der Waals surface area contributed by atoms with Crippen LogP contribution in [0.4, 0.5) is 0 Å². The van der Waals surface area contributed by atoms with Crippen LogP contribution >= 0.6 is 0 Å². The monoisotopic (exact) mass is 260 g/mol. The van der Waals surface area contributed by atoms with Crippen LogP contribution in [-0.4, -0.2) is 21.3 Å². The molecule has 0 aromatic carbocycles. The Bertz CT molecular complexity index is 522. The van der Waals surface area contributed by atoms with Crippen molar-refractivity contribution in [2.45, 2.75) is 33.4 Å². The summed E-state index contributed by atoms with van der Waals surface area (Å²) in [6.07, 6.45) is 5.38. The van der Waals surface area contributed by atoms with E-state index < -0.39 is 0 Å². The van der Waals surface area contributed by atoms with Gasteiger partial charge in [0.05, 0.1) is 18.1 Å². The van der Waals surface area contributed by atoms with E-state index in [1.165, 1.54) is 0 Å². The Balaban J connectivity index is 2.05. The van der Waals surface area contributed by atoms with E-state index in [1.807, 2.05) is 23.0 Å². The van der Waals surface area contributed by atoms with Crippen LogP contribution in [-0.2, 0) is 6.54 Å². The zero-order valence-electron chi connectivity index (χ0n) is 11.6. The molecule has 0 unspecified atom stereocenters. The van der Waals surface area contributed by atoms with Gasteiger partial charge in [-0.25, -0.2) is 0 Å². The van der Waals surface area contributed by atoms with Crippen molar-refractivity contribution < 1.29 is 4.74 Å². The minimum atomic E-state index is 0.333. The largest absolute Gasteiger partial charge is 0.454 e. The number of hydrogen-bond acceptors (Lipinski definition) is 4. The molecule has 1 N–H and O–H groups in total. The van der Waals surface area contributed by atoms with Crippen molar-refractivity contribution in [3.05, 3.63) is 36.4 Å². The van der Waals surface area contributed by atoms with Crippen LogP contribution in [0.15, 0.2) is 30.7 Å². The first-order valence-corrected chi connectivity index (χ1v) is 6.56. The molecule has 2 aromatic rings. The maximum atomic E-state index is 5.78. The maximum absolute atomic E-state index is 5.78. The highest BCUT2D eigenvalue weighted by molar-refractivity contribution is 5.28. The molecule has 0 fully saturated rings. The van der Waals surface area contributed by atoms with Crippen LogP contribution in [0.25, 0.3) is 0 Å². The third-order valence-corrected chi connectivity index (χ3v) is 2.69. The average Bonchev–Trinajstić information content (AvgIpc) is 2.85. The van der Waals surface area contributed by atoms with Crippen molar-refractivity contribution >= 4 is 0 Å². The van der Waals surface area contributed by atoms with Gasteiger partial charge in [0.2, 0.25) is 0 Å². The molecule has 2 aromatic heterocycles. The van der Waals surface area contributed by atoms with Crippen LogP contribution in [0.1, 0.15) is 32.5 Å². The molecule has 5 nitrogen and oxygen atoms in total. The first-order valence-electron chi connectivity index (χ1n) is 6.56. The summed E-state index contributed by atoms with van der Waals surface area (Å²) in [5.74, 6) is 1.53. The molecule has 0 spiro atoms. The van der Waals surface area contributed by atoms with Crippen LogP contribution < -0.4 is 10.1 Å². The molecule has 102 valence electrons. The number of rotatable bonds is 6. The van der Waals surface area contributed by atoms with Crippen LogP contribution in [0.5, 0.6) is 11.5 Å². The summed E-state index contributed by atoms with van der Waals surface area (Å²) in [6.45, 7) is 7.91. The molecule has 0 aliphatic carbocycles. The molecule has 0 saturated heterocycles. The van der Waals surface area contributed by atoms with Gasteiger partial charge in [-0.05, 0) is 26.5 Å². The molecular weight excluding hydrogens is 240 g/mol. The normalized spacial score (nSPS) is 10.9. The summed E-state index contributed by atoms with van der Waals surface area (Å²) in [4.78, 5) is 4.29. The Morgan fingerprint density at radius 1 is 1.37 bits per heavy atom. The summed E-state index contributed by atoms with van der Waals surface area (Å²) >= 11 is 0. The van der Waals surface area contributed by atoms with Gasteiger partial charge in [-0.15, -0.1) is 0 Å². The van der Waals surface area contributed by atoms with E-state index in [1.54, 1.807) is 12.4 Å². The van der Waals surface area contributed by atoms with Crippen LogP contribution in [0.2, 0.25) is 0 Å². The Morgan fingerprint density at radius 2 is 2.21 bits per heavy atom. The van der Waals surface area contributed by atoms with E-state index >= 15 is 0 Å². The fourth-order valence-electron chi connectivity index (χ4n) is 1.66. The lowest BCUT2D eigenvalue weighted by molar-refractivity contribution is 0.475. The van der Waals surface area contributed by atoms with E-state index in [0.29, 0.717) is 6.04 Å². The van der Waals surface area contributed by atoms with E-state index in [-0.39, 0.29) is 0 Å². The average molecular weight is 260 g/mol. The second kappa shape index (κ2) is 6.33. The molecule has 0 saturated carbocycles. The molecule has 19 heavy (non-hydrogen) atoms. The third kappa shape index (κ3) is 3.79. The highest BCUT2D eigenvalue weighted by atomic mass is 16.5. The van der Waals surface area contributed by atoms with Gasteiger partial charge >= 0.3 is 0 Å². The highest BCUT2D eigenvalue weighted by Gasteiger charge is 2.04. The van der Waals surface area contributed by atoms with E-state index in [0.717, 1.165) is 30.3 Å². The molecule has 2 heterocycles. The van der Waals surface area contributed by atoms with Crippen LogP contribution in [0.3, 0.4) is 0 Å². The number of ether oxygens (including phenoxy) is 1. The van der Waals surface area contributed by atoms with Crippen molar-refractivity contribution in [1.29, 1.82) is 0 Å². The van der Waals surface area contributed by atoms with E-state index in [2.05, 4.69) is 36.2 Å². The first kappa shape index (κ1) is 13.5. The van der Waals surface area contributed by atoms with E-state index in [4.69, 9.17) is 4.74 Å². The Hall–Kier alpha value is -1.88. The zero-order chi connectivity index (χ0) is 13.7. The molecule has 0 aliphatic heterocycles. The molecule has 5 heteroatoms. The van der Waals surface area contributed by atoms with Gasteiger partial charge in [-0.1, -0.05) is 6.92 Å². The fourth-order valence-corrected chi connectivity index (χ4v) is 1.66. The number of nitrogens with one attached hydrogen (secondary N) is 1.